The van der Waals surface area contributed by atoms with Gasteiger partial charge in [0, 0.05) is 70.2 Å². The summed E-state index contributed by atoms with van der Waals surface area (Å²) in [5.41, 5.74) is 0.165. The molecule has 1 aromatic rings. The molecule has 0 aliphatic carbocycles. The number of hydrogen-bond acceptors (Lipinski definition) is 4. The van der Waals surface area contributed by atoms with Crippen molar-refractivity contribution in [2.24, 2.45) is 11.3 Å². The number of pyridine rings is 1. The van der Waals surface area contributed by atoms with E-state index in [0.717, 1.165) is 25.9 Å². The molecule has 0 unspecified atom stereocenters. The minimum Gasteiger partial charge on any atom is -0.348 e. The van der Waals surface area contributed by atoms with Crippen molar-refractivity contribution in [2.75, 3.05) is 40.3 Å². The lowest BCUT2D eigenvalue weighted by atomic mass is 9.79. The number of amides is 2. The first-order valence-corrected chi connectivity index (χ1v) is 9.58. The maximum absolute atomic E-state index is 13.1. The number of hydrogen-bond donors (Lipinski definition) is 0. The van der Waals surface area contributed by atoms with Gasteiger partial charge in [-0.15, -0.1) is 0 Å². The molecular formula is C20H30N4O2. The molecule has 2 aliphatic rings. The van der Waals surface area contributed by atoms with Crippen molar-refractivity contribution in [3.8, 4) is 0 Å². The maximum atomic E-state index is 13.1. The summed E-state index contributed by atoms with van der Waals surface area (Å²) in [5.74, 6) is 0.353. The van der Waals surface area contributed by atoms with E-state index in [1.54, 1.807) is 29.4 Å². The molecule has 142 valence electrons. The standard InChI is InChI=1S/C20H30N4O2/c1-5-17(6-2)23-11-16-12-24(18(25)15-7-9-21-10-8-15)14-20(16,13-23)19(26)22(3)4/h7-10,16-17H,5-6,11-14H2,1-4H3/t16-,20-/m1/s1. The van der Waals surface area contributed by atoms with Crippen molar-refractivity contribution < 1.29 is 9.59 Å². The van der Waals surface area contributed by atoms with Crippen LogP contribution in [0.1, 0.15) is 37.0 Å². The van der Waals surface area contributed by atoms with Crippen LogP contribution in [0.5, 0.6) is 0 Å². The second-order valence-electron chi connectivity index (χ2n) is 7.87. The van der Waals surface area contributed by atoms with E-state index in [0.29, 0.717) is 24.7 Å². The predicted octanol–water partition coefficient (Wildman–Crippen LogP) is 1.73. The van der Waals surface area contributed by atoms with Gasteiger partial charge in [-0.2, -0.15) is 0 Å². The molecular weight excluding hydrogens is 328 g/mol. The molecule has 3 heterocycles. The zero-order valence-corrected chi connectivity index (χ0v) is 16.3. The Labute approximate surface area is 156 Å². The highest BCUT2D eigenvalue weighted by Gasteiger charge is 2.59. The van der Waals surface area contributed by atoms with Crippen LogP contribution in [0, 0.1) is 11.3 Å². The number of carbonyl (C=O) groups is 2. The molecule has 6 heteroatoms. The van der Waals surface area contributed by atoms with Gasteiger partial charge in [-0.05, 0) is 25.0 Å². The molecule has 26 heavy (non-hydrogen) atoms. The van der Waals surface area contributed by atoms with Gasteiger partial charge < -0.3 is 9.80 Å². The Morgan fingerprint density at radius 1 is 1.19 bits per heavy atom. The van der Waals surface area contributed by atoms with E-state index in [4.69, 9.17) is 0 Å². The van der Waals surface area contributed by atoms with E-state index in [1.165, 1.54) is 0 Å². The van der Waals surface area contributed by atoms with Crippen LogP contribution in [0.15, 0.2) is 24.5 Å². The predicted molar refractivity (Wildman–Crippen MR) is 101 cm³/mol. The molecule has 1 aromatic heterocycles. The van der Waals surface area contributed by atoms with E-state index in [1.807, 2.05) is 19.0 Å². The van der Waals surface area contributed by atoms with Gasteiger partial charge in [0.2, 0.25) is 5.91 Å². The van der Waals surface area contributed by atoms with Crippen molar-refractivity contribution in [3.63, 3.8) is 0 Å². The van der Waals surface area contributed by atoms with Crippen molar-refractivity contribution in [1.29, 1.82) is 0 Å². The third-order valence-electron chi connectivity index (χ3n) is 6.14. The summed E-state index contributed by atoms with van der Waals surface area (Å²) in [6.45, 7) is 7.22. The van der Waals surface area contributed by atoms with Gasteiger partial charge in [0.15, 0.2) is 0 Å². The van der Waals surface area contributed by atoms with Gasteiger partial charge >= 0.3 is 0 Å². The zero-order chi connectivity index (χ0) is 18.9. The normalized spacial score (nSPS) is 25.6. The number of likely N-dealkylation sites (tertiary alicyclic amines) is 2. The number of nitrogens with zero attached hydrogens (tertiary/aromatic N) is 4. The molecule has 2 saturated heterocycles. The van der Waals surface area contributed by atoms with E-state index >= 15 is 0 Å². The topological polar surface area (TPSA) is 56.8 Å². The Hall–Kier alpha value is -1.95. The Kier molecular flexibility index (Phi) is 5.32. The molecule has 6 nitrogen and oxygen atoms in total. The first kappa shape index (κ1) is 18.8. The summed E-state index contributed by atoms with van der Waals surface area (Å²) < 4.78 is 0. The Balaban J connectivity index is 1.85. The molecule has 0 aromatic carbocycles. The second-order valence-corrected chi connectivity index (χ2v) is 7.87. The van der Waals surface area contributed by atoms with Gasteiger partial charge in [0.25, 0.3) is 5.91 Å². The van der Waals surface area contributed by atoms with E-state index in [9.17, 15) is 9.59 Å². The van der Waals surface area contributed by atoms with Crippen LogP contribution in [0.2, 0.25) is 0 Å². The van der Waals surface area contributed by atoms with Crippen molar-refractivity contribution in [2.45, 2.75) is 32.7 Å². The van der Waals surface area contributed by atoms with Gasteiger partial charge in [-0.25, -0.2) is 0 Å². The molecule has 0 N–H and O–H groups in total. The molecule has 2 atom stereocenters. The fourth-order valence-electron chi connectivity index (χ4n) is 4.77. The first-order chi connectivity index (χ1) is 12.4. The summed E-state index contributed by atoms with van der Waals surface area (Å²) in [6, 6.07) is 4.00. The highest BCUT2D eigenvalue weighted by Crippen LogP contribution is 2.45. The molecule has 0 saturated carbocycles. The molecule has 0 spiro atoms. The van der Waals surface area contributed by atoms with Gasteiger partial charge in [-0.1, -0.05) is 13.8 Å². The lowest BCUT2D eigenvalue weighted by molar-refractivity contribution is -0.139. The zero-order valence-electron chi connectivity index (χ0n) is 16.3. The fourth-order valence-corrected chi connectivity index (χ4v) is 4.77. The van der Waals surface area contributed by atoms with Gasteiger partial charge in [-0.3, -0.25) is 19.5 Å². The molecule has 2 aliphatic heterocycles. The highest BCUT2D eigenvalue weighted by atomic mass is 16.2. The summed E-state index contributed by atoms with van der Waals surface area (Å²) in [7, 11) is 3.64. The smallest absolute Gasteiger partial charge is 0.254 e. The number of fused-ring (bicyclic) bond motifs is 1. The van der Waals surface area contributed by atoms with E-state index in [-0.39, 0.29) is 17.7 Å². The second kappa shape index (κ2) is 7.35. The number of aromatic nitrogens is 1. The van der Waals surface area contributed by atoms with Crippen LogP contribution < -0.4 is 0 Å². The highest BCUT2D eigenvalue weighted by molar-refractivity contribution is 5.95. The summed E-state index contributed by atoms with van der Waals surface area (Å²) >= 11 is 0. The molecule has 3 rings (SSSR count). The molecule has 2 fully saturated rings. The lowest BCUT2D eigenvalue weighted by Crippen LogP contribution is -2.48. The molecule has 0 radical (unpaired) electrons. The van der Waals surface area contributed by atoms with Crippen LogP contribution in [-0.2, 0) is 4.79 Å². The third-order valence-corrected chi connectivity index (χ3v) is 6.14. The monoisotopic (exact) mass is 358 g/mol. The van der Waals surface area contributed by atoms with Crippen molar-refractivity contribution >= 4 is 11.8 Å². The van der Waals surface area contributed by atoms with Crippen molar-refractivity contribution in [3.05, 3.63) is 30.1 Å². The Morgan fingerprint density at radius 3 is 2.42 bits per heavy atom. The van der Waals surface area contributed by atoms with E-state index in [2.05, 4.69) is 23.7 Å². The van der Waals surface area contributed by atoms with Gasteiger partial charge in [0.1, 0.15) is 0 Å². The SMILES string of the molecule is CCC(CC)N1C[C@@H]2CN(C(=O)c3ccncc3)C[C@]2(C(=O)N(C)C)C1. The largest absolute Gasteiger partial charge is 0.348 e. The summed E-state index contributed by atoms with van der Waals surface area (Å²) in [4.78, 5) is 36.1. The quantitative estimate of drug-likeness (QED) is 0.804. The average molecular weight is 358 g/mol. The van der Waals surface area contributed by atoms with Crippen LogP contribution in [-0.4, -0.2) is 77.8 Å². The lowest BCUT2D eigenvalue weighted by Gasteiger charge is -2.33. The van der Waals surface area contributed by atoms with Crippen LogP contribution in [0.3, 0.4) is 0 Å². The first-order valence-electron chi connectivity index (χ1n) is 9.58. The maximum Gasteiger partial charge on any atom is 0.254 e. The summed E-state index contributed by atoms with van der Waals surface area (Å²) in [6.07, 6.45) is 5.46. The van der Waals surface area contributed by atoms with Crippen LogP contribution >= 0.6 is 0 Å². The minimum absolute atomic E-state index is 0.00168. The van der Waals surface area contributed by atoms with Gasteiger partial charge in [0.05, 0.1) is 5.41 Å². The number of rotatable bonds is 5. The van der Waals surface area contributed by atoms with Crippen LogP contribution in [0.4, 0.5) is 0 Å². The molecule has 0 bridgehead atoms. The Morgan fingerprint density at radius 2 is 1.85 bits per heavy atom. The number of carbonyl (C=O) groups excluding carboxylic acids is 2. The van der Waals surface area contributed by atoms with E-state index < -0.39 is 5.41 Å². The Bertz CT molecular complexity index is 659. The average Bonchev–Trinajstić information content (AvgIpc) is 3.17. The minimum atomic E-state index is -0.477. The third kappa shape index (κ3) is 3.11. The van der Waals surface area contributed by atoms with Crippen LogP contribution in [0.25, 0.3) is 0 Å². The summed E-state index contributed by atoms with van der Waals surface area (Å²) in [5, 5.41) is 0. The van der Waals surface area contributed by atoms with Crippen molar-refractivity contribution in [1.82, 2.24) is 19.7 Å². The fraction of sp³-hybridized carbons (Fsp3) is 0.650. The molecule has 2 amide bonds.